The quantitative estimate of drug-likeness (QED) is 0.377. The Labute approximate surface area is 88.0 Å². The number of rotatable bonds is 2. The highest BCUT2D eigenvalue weighted by Gasteiger charge is 2.34. The lowest BCUT2D eigenvalue weighted by atomic mass is 10.1. The number of nitrogens with one attached hydrogen (secondary N) is 1. The summed E-state index contributed by atoms with van der Waals surface area (Å²) in [6.45, 7) is 0.842. The summed E-state index contributed by atoms with van der Waals surface area (Å²) in [5.74, 6) is 5.01. The zero-order chi connectivity index (χ0) is 10.8. The van der Waals surface area contributed by atoms with Crippen molar-refractivity contribution in [1.82, 2.24) is 19.9 Å². The number of amides is 1. The molecular formula is C9H15N5O. The van der Waals surface area contributed by atoms with Crippen molar-refractivity contribution in [3.05, 3.63) is 18.7 Å². The third kappa shape index (κ3) is 1.86. The number of likely N-dealkylation sites (N-methyl/N-ethyl adjacent to an activating group) is 1. The van der Waals surface area contributed by atoms with Gasteiger partial charge < -0.3 is 4.57 Å². The van der Waals surface area contributed by atoms with Gasteiger partial charge in [-0.2, -0.15) is 0 Å². The highest BCUT2D eigenvalue weighted by Crippen LogP contribution is 2.25. The fourth-order valence-corrected chi connectivity index (χ4v) is 2.08. The van der Waals surface area contributed by atoms with Crippen molar-refractivity contribution in [3.63, 3.8) is 0 Å². The molecule has 0 radical (unpaired) electrons. The van der Waals surface area contributed by atoms with E-state index in [2.05, 4.69) is 10.4 Å². The first-order chi connectivity index (χ1) is 7.22. The van der Waals surface area contributed by atoms with Crippen LogP contribution in [0.25, 0.3) is 0 Å². The summed E-state index contributed by atoms with van der Waals surface area (Å²) >= 11 is 0. The van der Waals surface area contributed by atoms with E-state index >= 15 is 0 Å². The van der Waals surface area contributed by atoms with Crippen molar-refractivity contribution in [1.29, 1.82) is 0 Å². The van der Waals surface area contributed by atoms with Crippen LogP contribution in [0.15, 0.2) is 18.7 Å². The molecule has 0 spiro atoms. The second kappa shape index (κ2) is 4.00. The Morgan fingerprint density at radius 1 is 1.67 bits per heavy atom. The molecule has 0 aliphatic carbocycles. The van der Waals surface area contributed by atoms with E-state index in [1.807, 2.05) is 22.7 Å². The molecule has 1 aliphatic heterocycles. The maximum absolute atomic E-state index is 11.4. The van der Waals surface area contributed by atoms with Gasteiger partial charge in [0.1, 0.15) is 0 Å². The Balaban J connectivity index is 2.07. The molecule has 0 bridgehead atoms. The van der Waals surface area contributed by atoms with Crippen LogP contribution in [0.1, 0.15) is 12.5 Å². The first-order valence-corrected chi connectivity index (χ1v) is 4.90. The number of imidazole rings is 1. The van der Waals surface area contributed by atoms with Gasteiger partial charge in [-0.05, 0) is 13.5 Å². The number of hydrogen-bond donors (Lipinski definition) is 2. The summed E-state index contributed by atoms with van der Waals surface area (Å²) < 4.78 is 2.03. The average molecular weight is 209 g/mol. The lowest BCUT2D eigenvalue weighted by molar-refractivity contribution is -0.125. The lowest BCUT2D eigenvalue weighted by Crippen LogP contribution is -2.44. The zero-order valence-electron chi connectivity index (χ0n) is 8.63. The minimum atomic E-state index is -0.137. The van der Waals surface area contributed by atoms with Crippen molar-refractivity contribution >= 4 is 5.91 Å². The molecular weight excluding hydrogens is 194 g/mol. The topological polar surface area (TPSA) is 76.2 Å². The maximum atomic E-state index is 11.4. The van der Waals surface area contributed by atoms with Crippen molar-refractivity contribution in [2.45, 2.75) is 18.5 Å². The van der Waals surface area contributed by atoms with Gasteiger partial charge >= 0.3 is 0 Å². The van der Waals surface area contributed by atoms with Crippen molar-refractivity contribution in [2.75, 3.05) is 13.6 Å². The van der Waals surface area contributed by atoms with Crippen LogP contribution < -0.4 is 11.3 Å². The van der Waals surface area contributed by atoms with E-state index in [9.17, 15) is 4.79 Å². The Morgan fingerprint density at radius 3 is 3.07 bits per heavy atom. The number of carbonyl (C=O) groups is 1. The van der Waals surface area contributed by atoms with E-state index in [1.165, 1.54) is 0 Å². The standard InChI is InChI=1S/C9H15N5O/c1-13-5-7(14-3-2-11-6-14)4-8(13)9(15)12-10/h2-3,6-8H,4-5,10H2,1H3,(H,12,15)/t7-,8?/m0/s1. The van der Waals surface area contributed by atoms with Gasteiger partial charge in [-0.15, -0.1) is 0 Å². The molecule has 3 N–H and O–H groups in total. The fourth-order valence-electron chi connectivity index (χ4n) is 2.08. The van der Waals surface area contributed by atoms with Gasteiger partial charge in [0.25, 0.3) is 5.91 Å². The predicted molar refractivity (Wildman–Crippen MR) is 54.6 cm³/mol. The summed E-state index contributed by atoms with van der Waals surface area (Å²) in [4.78, 5) is 17.4. The maximum Gasteiger partial charge on any atom is 0.251 e. The minimum absolute atomic E-state index is 0.125. The number of aromatic nitrogens is 2. The van der Waals surface area contributed by atoms with Gasteiger partial charge in [-0.3, -0.25) is 15.1 Å². The van der Waals surface area contributed by atoms with Crippen LogP contribution in [0.2, 0.25) is 0 Å². The Morgan fingerprint density at radius 2 is 2.47 bits per heavy atom. The molecule has 1 aromatic heterocycles. The molecule has 15 heavy (non-hydrogen) atoms. The summed E-state index contributed by atoms with van der Waals surface area (Å²) in [6.07, 6.45) is 6.22. The van der Waals surface area contributed by atoms with Gasteiger partial charge in [0.05, 0.1) is 12.4 Å². The number of hydrogen-bond acceptors (Lipinski definition) is 4. The van der Waals surface area contributed by atoms with E-state index in [-0.39, 0.29) is 11.9 Å². The van der Waals surface area contributed by atoms with Crippen LogP contribution in [-0.2, 0) is 4.79 Å². The molecule has 1 saturated heterocycles. The van der Waals surface area contributed by atoms with Gasteiger partial charge in [0, 0.05) is 25.0 Å². The molecule has 1 fully saturated rings. The van der Waals surface area contributed by atoms with Crippen LogP contribution in [0.3, 0.4) is 0 Å². The molecule has 2 heterocycles. The van der Waals surface area contributed by atoms with E-state index in [0.717, 1.165) is 13.0 Å². The van der Waals surface area contributed by atoms with Crippen LogP contribution >= 0.6 is 0 Å². The molecule has 6 nitrogen and oxygen atoms in total. The van der Waals surface area contributed by atoms with Gasteiger partial charge in [-0.25, -0.2) is 10.8 Å². The SMILES string of the molecule is CN1C[C@@H](n2ccnc2)CC1C(=O)NN. The van der Waals surface area contributed by atoms with E-state index in [4.69, 9.17) is 5.84 Å². The van der Waals surface area contributed by atoms with Crippen LogP contribution in [0, 0.1) is 0 Å². The Hall–Kier alpha value is -1.40. The molecule has 0 saturated carbocycles. The second-order valence-corrected chi connectivity index (χ2v) is 3.86. The molecule has 1 aliphatic rings. The third-order valence-corrected chi connectivity index (χ3v) is 2.92. The Kier molecular flexibility index (Phi) is 2.70. The summed E-state index contributed by atoms with van der Waals surface area (Å²) in [6, 6.07) is 0.169. The molecule has 0 aromatic carbocycles. The van der Waals surface area contributed by atoms with Crippen LogP contribution in [0.4, 0.5) is 0 Å². The van der Waals surface area contributed by atoms with Gasteiger partial charge in [-0.1, -0.05) is 0 Å². The lowest BCUT2D eigenvalue weighted by Gasteiger charge is -2.16. The summed E-state index contributed by atoms with van der Waals surface area (Å²) in [7, 11) is 1.93. The average Bonchev–Trinajstić information content (AvgIpc) is 2.84. The smallest absolute Gasteiger partial charge is 0.251 e. The number of nitrogens with zero attached hydrogens (tertiary/aromatic N) is 3. The molecule has 1 unspecified atom stereocenters. The minimum Gasteiger partial charge on any atom is -0.333 e. The molecule has 6 heteroatoms. The molecule has 1 amide bonds. The number of carbonyl (C=O) groups excluding carboxylic acids is 1. The highest BCUT2D eigenvalue weighted by atomic mass is 16.2. The van der Waals surface area contributed by atoms with Crippen LogP contribution in [-0.4, -0.2) is 40.0 Å². The summed E-state index contributed by atoms with van der Waals surface area (Å²) in [5, 5.41) is 0. The first-order valence-electron chi connectivity index (χ1n) is 4.90. The second-order valence-electron chi connectivity index (χ2n) is 3.86. The van der Waals surface area contributed by atoms with E-state index in [1.54, 1.807) is 12.5 Å². The Bertz CT molecular complexity index is 336. The van der Waals surface area contributed by atoms with Gasteiger partial charge in [0.15, 0.2) is 0 Å². The monoisotopic (exact) mass is 209 g/mol. The number of hydrazine groups is 1. The van der Waals surface area contributed by atoms with E-state index < -0.39 is 0 Å². The van der Waals surface area contributed by atoms with Crippen molar-refractivity contribution in [2.24, 2.45) is 5.84 Å². The van der Waals surface area contributed by atoms with Gasteiger partial charge in [0.2, 0.25) is 0 Å². The van der Waals surface area contributed by atoms with Crippen molar-refractivity contribution in [3.8, 4) is 0 Å². The molecule has 1 aromatic rings. The van der Waals surface area contributed by atoms with E-state index in [0.29, 0.717) is 6.04 Å². The number of nitrogens with two attached hydrogens (primary N) is 1. The zero-order valence-corrected chi connectivity index (χ0v) is 8.63. The van der Waals surface area contributed by atoms with Crippen LogP contribution in [0.5, 0.6) is 0 Å². The number of likely N-dealkylation sites (tertiary alicyclic amines) is 1. The summed E-state index contributed by atoms with van der Waals surface area (Å²) in [5.41, 5.74) is 2.20. The third-order valence-electron chi connectivity index (χ3n) is 2.92. The normalized spacial score (nSPS) is 26.8. The fraction of sp³-hybridized carbons (Fsp3) is 0.556. The predicted octanol–water partition coefficient (Wildman–Crippen LogP) is -0.882. The first kappa shape index (κ1) is 10.1. The molecule has 2 atom stereocenters. The molecule has 82 valence electrons. The largest absolute Gasteiger partial charge is 0.333 e. The highest BCUT2D eigenvalue weighted by molar-refractivity contribution is 5.81. The molecule has 2 rings (SSSR count). The van der Waals surface area contributed by atoms with Crippen molar-refractivity contribution < 1.29 is 4.79 Å².